The molecule has 1 atom stereocenters. The lowest BCUT2D eigenvalue weighted by Crippen LogP contribution is -2.27. The van der Waals surface area contributed by atoms with Gasteiger partial charge in [-0.05, 0) is 114 Å². The van der Waals surface area contributed by atoms with Crippen LogP contribution in [0.5, 0.6) is 0 Å². The minimum absolute atomic E-state index is 0.130. The molecule has 0 N–H and O–H groups in total. The number of para-hydroxylation sites is 3. The van der Waals surface area contributed by atoms with Crippen molar-refractivity contribution in [2.45, 2.75) is 18.9 Å². The molecule has 13 rings (SSSR count). The van der Waals surface area contributed by atoms with E-state index in [1.807, 2.05) is 0 Å². The number of allylic oxidation sites excluding steroid dienone is 4. The Morgan fingerprint density at radius 3 is 1.56 bits per heavy atom. The van der Waals surface area contributed by atoms with Crippen LogP contribution in [0.15, 0.2) is 197 Å². The summed E-state index contributed by atoms with van der Waals surface area (Å²) in [4.78, 5) is 0. The maximum Gasteiger partial charge on any atom is 0.178 e. The molecule has 0 spiro atoms. The molecule has 0 aliphatic heterocycles. The fourth-order valence-corrected chi connectivity index (χ4v) is 10.0. The van der Waals surface area contributed by atoms with E-state index < -0.39 is 0 Å². The van der Waals surface area contributed by atoms with Crippen LogP contribution in [0.2, 0.25) is 0 Å². The average molecular weight is 757 g/mol. The highest BCUT2D eigenvalue weighted by Crippen LogP contribution is 2.43. The number of nitrogens with zero attached hydrogens (tertiary/aromatic N) is 2. The largest absolute Gasteiger partial charge is 0.452 e. The number of fused-ring (bicyclic) bond motifs is 13. The summed E-state index contributed by atoms with van der Waals surface area (Å²) in [5.74, 6) is 0. The summed E-state index contributed by atoms with van der Waals surface area (Å²) >= 11 is 0. The predicted octanol–water partition coefficient (Wildman–Crippen LogP) is 15.3. The molecule has 12 aromatic rings. The van der Waals surface area contributed by atoms with Crippen LogP contribution in [0.1, 0.15) is 13.3 Å². The van der Waals surface area contributed by atoms with E-state index >= 15 is 0 Å². The van der Waals surface area contributed by atoms with Crippen LogP contribution in [0, 0.1) is 0 Å². The monoisotopic (exact) mass is 756 g/mol. The molecule has 4 heteroatoms. The number of furan rings is 2. The first-order valence-electron chi connectivity index (χ1n) is 20.4. The van der Waals surface area contributed by atoms with Crippen molar-refractivity contribution in [3.63, 3.8) is 0 Å². The molecule has 0 saturated heterocycles. The molecule has 1 aliphatic rings. The molecule has 278 valence electrons. The molecule has 1 aliphatic carbocycles. The molecule has 4 heterocycles. The third-order valence-corrected chi connectivity index (χ3v) is 12.8. The van der Waals surface area contributed by atoms with E-state index in [0.717, 1.165) is 72.7 Å². The van der Waals surface area contributed by atoms with Gasteiger partial charge >= 0.3 is 0 Å². The zero-order valence-electron chi connectivity index (χ0n) is 32.3. The summed E-state index contributed by atoms with van der Waals surface area (Å²) in [6.07, 6.45) is 9.88. The third kappa shape index (κ3) is 4.66. The van der Waals surface area contributed by atoms with Crippen molar-refractivity contribution in [3.8, 4) is 27.9 Å². The summed E-state index contributed by atoms with van der Waals surface area (Å²) in [6, 6.07) is 59.3. The lowest BCUT2D eigenvalue weighted by Gasteiger charge is -2.31. The van der Waals surface area contributed by atoms with Gasteiger partial charge in [0.25, 0.3) is 0 Å². The summed E-state index contributed by atoms with van der Waals surface area (Å²) in [5.41, 5.74) is 13.8. The summed E-state index contributed by atoms with van der Waals surface area (Å²) in [6.45, 7) is 2.33. The van der Waals surface area contributed by atoms with Crippen LogP contribution >= 0.6 is 0 Å². The van der Waals surface area contributed by atoms with Crippen LogP contribution in [-0.4, -0.2) is 9.13 Å². The first kappa shape index (κ1) is 32.5. The van der Waals surface area contributed by atoms with Gasteiger partial charge in [0, 0.05) is 59.8 Å². The lowest BCUT2D eigenvalue weighted by molar-refractivity contribution is 0.437. The second kappa shape index (κ2) is 12.0. The Morgan fingerprint density at radius 1 is 0.424 bits per heavy atom. The SMILES string of the molecule is CC1(n2c3ccccc3c3cc(-c4ccc5oc6c(ccc7c8cc(-c9cccc(-n%10c%11ccccc%11c%11ccccc%11%10)c9)ccc8oc76)c5c4)ccc32)C=CC=CC1. The molecular weight excluding hydrogens is 721 g/mol. The normalized spacial score (nSPS) is 15.7. The van der Waals surface area contributed by atoms with Gasteiger partial charge in [-0.3, -0.25) is 0 Å². The molecule has 1 unspecified atom stereocenters. The molecule has 4 nitrogen and oxygen atoms in total. The van der Waals surface area contributed by atoms with E-state index in [1.54, 1.807) is 0 Å². The smallest absolute Gasteiger partial charge is 0.178 e. The van der Waals surface area contributed by atoms with Gasteiger partial charge in [-0.15, -0.1) is 0 Å². The molecule has 0 bridgehead atoms. The van der Waals surface area contributed by atoms with Crippen LogP contribution in [0.4, 0.5) is 0 Å². The number of rotatable bonds is 4. The van der Waals surface area contributed by atoms with E-state index in [2.05, 4.69) is 204 Å². The first-order chi connectivity index (χ1) is 29.1. The third-order valence-electron chi connectivity index (χ3n) is 12.8. The number of benzene rings is 8. The molecule has 59 heavy (non-hydrogen) atoms. The van der Waals surface area contributed by atoms with Gasteiger partial charge < -0.3 is 18.0 Å². The average Bonchev–Trinajstić information content (AvgIpc) is 4.04. The van der Waals surface area contributed by atoms with Crippen molar-refractivity contribution in [2.75, 3.05) is 0 Å². The molecule has 0 radical (unpaired) electrons. The Labute approximate surface area is 339 Å². The summed E-state index contributed by atoms with van der Waals surface area (Å²) < 4.78 is 18.1. The Balaban J connectivity index is 0.907. The Morgan fingerprint density at radius 2 is 0.949 bits per heavy atom. The lowest BCUT2D eigenvalue weighted by atomic mass is 9.92. The van der Waals surface area contributed by atoms with Gasteiger partial charge in [0.05, 0.1) is 16.6 Å². The molecule has 0 amide bonds. The van der Waals surface area contributed by atoms with Crippen molar-refractivity contribution in [1.29, 1.82) is 0 Å². The summed E-state index contributed by atoms with van der Waals surface area (Å²) in [7, 11) is 0. The van der Waals surface area contributed by atoms with Gasteiger partial charge in [-0.2, -0.15) is 0 Å². The Hall–Kier alpha value is -7.56. The van der Waals surface area contributed by atoms with Crippen LogP contribution in [-0.2, 0) is 5.54 Å². The van der Waals surface area contributed by atoms with E-state index in [1.165, 1.54) is 49.2 Å². The maximum absolute atomic E-state index is 6.63. The van der Waals surface area contributed by atoms with Crippen molar-refractivity contribution in [3.05, 3.63) is 188 Å². The summed E-state index contributed by atoms with van der Waals surface area (Å²) in [5, 5.41) is 9.31. The highest BCUT2D eigenvalue weighted by Gasteiger charge is 2.28. The van der Waals surface area contributed by atoms with Gasteiger partial charge in [0.2, 0.25) is 0 Å². The molecule has 4 aromatic heterocycles. The van der Waals surface area contributed by atoms with Gasteiger partial charge in [0.1, 0.15) is 11.2 Å². The molecular formula is C55H36N2O2. The fraction of sp³-hybridized carbons (Fsp3) is 0.0545. The first-order valence-corrected chi connectivity index (χ1v) is 20.4. The molecule has 0 fully saturated rings. The van der Waals surface area contributed by atoms with Crippen molar-refractivity contribution in [2.24, 2.45) is 0 Å². The second-order valence-electron chi connectivity index (χ2n) is 16.3. The quantitative estimate of drug-likeness (QED) is 0.179. The van der Waals surface area contributed by atoms with Crippen molar-refractivity contribution >= 4 is 87.5 Å². The standard InChI is InChI=1S/C55H36N2O2/c1-55(28-9-2-10-29-55)57-49-19-8-5-16-41(49)44-31-35(20-25-50(44)57)37-22-27-52-46(33-37)43-24-23-42-45-32-36(21-26-51(45)58-53(42)54(43)59-52)34-12-11-13-38(30-34)56-47-17-6-3-14-39(47)40-15-4-7-18-48(40)56/h2-28,30-33H,29H2,1H3. The van der Waals surface area contributed by atoms with Gasteiger partial charge in [-0.25, -0.2) is 0 Å². The van der Waals surface area contributed by atoms with E-state index in [4.69, 9.17) is 8.83 Å². The second-order valence-corrected chi connectivity index (χ2v) is 16.3. The minimum Gasteiger partial charge on any atom is -0.452 e. The van der Waals surface area contributed by atoms with Crippen LogP contribution in [0.25, 0.3) is 115 Å². The topological polar surface area (TPSA) is 36.1 Å². The highest BCUT2D eigenvalue weighted by atomic mass is 16.4. The Kier molecular flexibility index (Phi) is 6.60. The highest BCUT2D eigenvalue weighted by molar-refractivity contribution is 6.20. The molecule has 8 aromatic carbocycles. The zero-order chi connectivity index (χ0) is 38.8. The van der Waals surface area contributed by atoms with Gasteiger partial charge in [0.15, 0.2) is 11.2 Å². The van der Waals surface area contributed by atoms with Gasteiger partial charge in [-0.1, -0.05) is 109 Å². The van der Waals surface area contributed by atoms with E-state index in [-0.39, 0.29) is 5.54 Å². The van der Waals surface area contributed by atoms with E-state index in [9.17, 15) is 0 Å². The zero-order valence-corrected chi connectivity index (χ0v) is 32.3. The van der Waals surface area contributed by atoms with Crippen LogP contribution in [0.3, 0.4) is 0 Å². The number of hydrogen-bond acceptors (Lipinski definition) is 2. The Bertz CT molecular complexity index is 3740. The minimum atomic E-state index is -0.130. The fourth-order valence-electron chi connectivity index (χ4n) is 10.0. The molecule has 0 saturated carbocycles. The van der Waals surface area contributed by atoms with E-state index in [0.29, 0.717) is 0 Å². The predicted molar refractivity (Wildman–Crippen MR) is 246 cm³/mol. The number of hydrogen-bond donors (Lipinski definition) is 0. The van der Waals surface area contributed by atoms with Crippen LogP contribution < -0.4 is 0 Å². The van der Waals surface area contributed by atoms with Crippen molar-refractivity contribution < 1.29 is 8.83 Å². The number of aromatic nitrogens is 2. The van der Waals surface area contributed by atoms with Crippen molar-refractivity contribution in [1.82, 2.24) is 9.13 Å². The maximum atomic E-state index is 6.63.